The Morgan fingerprint density at radius 1 is 1.26 bits per heavy atom. The highest BCUT2D eigenvalue weighted by Crippen LogP contribution is 2.66. The van der Waals surface area contributed by atoms with Gasteiger partial charge < -0.3 is 19.3 Å². The second-order valence-corrected chi connectivity index (χ2v) is 13.7. The monoisotopic (exact) mass is 526 g/mol. The molecule has 1 saturated heterocycles. The summed E-state index contributed by atoms with van der Waals surface area (Å²) < 4.78 is 19.4. The quantitative estimate of drug-likeness (QED) is 0.488. The summed E-state index contributed by atoms with van der Waals surface area (Å²) >= 11 is 0. The summed E-state index contributed by atoms with van der Waals surface area (Å²) in [6.45, 7) is 12.1. The number of hydrogen-bond acceptors (Lipinski definition) is 7. The number of ether oxygens (including phenoxy) is 3. The van der Waals surface area contributed by atoms with Crippen LogP contribution in [0.2, 0.25) is 0 Å². The number of aromatic hydroxyl groups is 1. The number of phenolic OH excluding ortho intramolecular Hbond substituents is 1. The lowest BCUT2D eigenvalue weighted by Gasteiger charge is -2.66. The van der Waals surface area contributed by atoms with Gasteiger partial charge in [-0.3, -0.25) is 15.0 Å². The molecular formula is C31H46N2O5. The lowest BCUT2D eigenvalue weighted by molar-refractivity contribution is -0.208. The molecule has 38 heavy (non-hydrogen) atoms. The van der Waals surface area contributed by atoms with E-state index >= 15 is 0 Å². The first-order valence-electron chi connectivity index (χ1n) is 14.8. The molecule has 6 rings (SSSR count). The van der Waals surface area contributed by atoms with Crippen molar-refractivity contribution in [1.82, 2.24) is 10.2 Å². The minimum atomic E-state index is -0.549. The molecule has 210 valence electrons. The highest BCUT2D eigenvalue weighted by molar-refractivity contribution is 5.76. The number of carbonyl (C=O) groups excluding carboxylic acids is 1. The number of likely N-dealkylation sites (tertiary alicyclic amines) is 1. The van der Waals surface area contributed by atoms with Gasteiger partial charge in [-0.05, 0) is 89.3 Å². The van der Waals surface area contributed by atoms with Gasteiger partial charge in [0, 0.05) is 31.3 Å². The van der Waals surface area contributed by atoms with Gasteiger partial charge in [-0.1, -0.05) is 26.3 Å². The third-order valence-electron chi connectivity index (χ3n) is 10.4. The number of carbonyl (C=O) groups is 1. The number of nitrogens with zero attached hydrogens (tertiary/aromatic N) is 1. The summed E-state index contributed by atoms with van der Waals surface area (Å²) in [5.74, 6) is 1.57. The average Bonchev–Trinajstić information content (AvgIpc) is 3.61. The molecule has 0 radical (unpaired) electrons. The second kappa shape index (κ2) is 9.10. The normalized spacial score (nSPS) is 35.3. The van der Waals surface area contributed by atoms with Gasteiger partial charge >= 0.3 is 5.97 Å². The van der Waals surface area contributed by atoms with Crippen LogP contribution < -0.4 is 10.1 Å². The molecule has 3 fully saturated rings. The van der Waals surface area contributed by atoms with E-state index in [1.54, 1.807) is 6.07 Å². The third-order valence-corrected chi connectivity index (χ3v) is 10.4. The van der Waals surface area contributed by atoms with Crippen molar-refractivity contribution in [2.45, 2.75) is 120 Å². The van der Waals surface area contributed by atoms with E-state index in [9.17, 15) is 9.90 Å². The molecule has 2 heterocycles. The highest BCUT2D eigenvalue weighted by atomic mass is 16.6. The van der Waals surface area contributed by atoms with Gasteiger partial charge in [-0.2, -0.15) is 0 Å². The van der Waals surface area contributed by atoms with Gasteiger partial charge in [0.15, 0.2) is 11.5 Å². The smallest absolute Gasteiger partial charge is 0.323 e. The van der Waals surface area contributed by atoms with Gasteiger partial charge in [-0.25, -0.2) is 0 Å². The van der Waals surface area contributed by atoms with E-state index in [2.05, 4.69) is 30.1 Å². The Hall–Kier alpha value is -1.83. The lowest BCUT2D eigenvalue weighted by atomic mass is 9.48. The van der Waals surface area contributed by atoms with E-state index in [1.807, 2.05) is 27.9 Å². The van der Waals surface area contributed by atoms with Crippen LogP contribution in [0.5, 0.6) is 11.5 Å². The van der Waals surface area contributed by atoms with Crippen LogP contribution in [-0.4, -0.2) is 71.6 Å². The lowest BCUT2D eigenvalue weighted by Crippen LogP contribution is -2.79. The topological polar surface area (TPSA) is 80.3 Å². The van der Waals surface area contributed by atoms with Crippen molar-refractivity contribution < 1.29 is 24.1 Å². The largest absolute Gasteiger partial charge is 0.504 e. The number of piperidine rings is 1. The standard InChI is InChI=1S/C31H46N2O5/c1-7-18(2)25(28(35)38-29(3,4)5)32-21-12-13-31(36-6)23-16-20-10-11-22(34)26-24(20)30(31,27(21)37-26)14-15-33(23)17-19-8-9-19/h10-11,18-19,21,23,25,27,32,34H,7-9,12-17H2,1-6H3/t18-,21?,23?,25-,27-,30-,31+/m0/s1. The molecule has 2 unspecified atom stereocenters. The number of methoxy groups -OCH3 is 1. The molecule has 0 aromatic heterocycles. The van der Waals surface area contributed by atoms with Gasteiger partial charge in [0.2, 0.25) is 0 Å². The predicted octanol–water partition coefficient (Wildman–Crippen LogP) is 4.33. The Balaban J connectivity index is 1.40. The van der Waals surface area contributed by atoms with Crippen LogP contribution in [0.3, 0.4) is 0 Å². The zero-order valence-corrected chi connectivity index (χ0v) is 24.0. The van der Waals surface area contributed by atoms with Crippen molar-refractivity contribution in [2.75, 3.05) is 20.2 Å². The van der Waals surface area contributed by atoms with E-state index in [0.29, 0.717) is 5.75 Å². The fourth-order valence-corrected chi connectivity index (χ4v) is 8.34. The Morgan fingerprint density at radius 3 is 2.68 bits per heavy atom. The van der Waals surface area contributed by atoms with Gasteiger partial charge in [-0.15, -0.1) is 0 Å². The first kappa shape index (κ1) is 26.4. The molecule has 7 atom stereocenters. The Labute approximate surface area is 227 Å². The summed E-state index contributed by atoms with van der Waals surface area (Å²) in [6, 6.07) is 3.71. The van der Waals surface area contributed by atoms with Crippen molar-refractivity contribution in [3.8, 4) is 11.5 Å². The fourth-order valence-electron chi connectivity index (χ4n) is 8.34. The third kappa shape index (κ3) is 3.82. The van der Waals surface area contributed by atoms with E-state index in [1.165, 1.54) is 18.4 Å². The molecule has 2 saturated carbocycles. The molecule has 7 heteroatoms. The number of benzene rings is 1. The van der Waals surface area contributed by atoms with Crippen LogP contribution in [-0.2, 0) is 26.1 Å². The minimum absolute atomic E-state index is 0.0572. The SMILES string of the molecule is CC[C@H](C)[C@H](NC1CC[C@@]2(OC)C3Cc4ccc(O)c5c4[C@@]2(CCN3CC2CC2)[C@H]1O5)C(=O)OC(C)(C)C. The molecule has 2 N–H and O–H groups in total. The van der Waals surface area contributed by atoms with Crippen LogP contribution in [0, 0.1) is 11.8 Å². The van der Waals surface area contributed by atoms with E-state index in [-0.39, 0.29) is 46.8 Å². The summed E-state index contributed by atoms with van der Waals surface area (Å²) in [4.78, 5) is 16.1. The molecule has 0 amide bonds. The molecule has 2 aliphatic heterocycles. The van der Waals surface area contributed by atoms with Crippen molar-refractivity contribution in [3.05, 3.63) is 23.3 Å². The van der Waals surface area contributed by atoms with Gasteiger partial charge in [0.05, 0.1) is 11.0 Å². The van der Waals surface area contributed by atoms with Crippen molar-refractivity contribution in [1.29, 1.82) is 0 Å². The zero-order valence-electron chi connectivity index (χ0n) is 24.0. The molecule has 1 aromatic rings. The number of rotatable bonds is 8. The predicted molar refractivity (Wildman–Crippen MR) is 146 cm³/mol. The maximum absolute atomic E-state index is 13.4. The van der Waals surface area contributed by atoms with Crippen molar-refractivity contribution in [2.24, 2.45) is 11.8 Å². The molecule has 5 aliphatic rings. The number of phenols is 1. The first-order valence-corrected chi connectivity index (χ1v) is 14.8. The van der Waals surface area contributed by atoms with Crippen molar-refractivity contribution >= 4 is 5.97 Å². The van der Waals surface area contributed by atoms with Crippen molar-refractivity contribution in [3.63, 3.8) is 0 Å². The molecule has 7 nitrogen and oxygen atoms in total. The fraction of sp³-hybridized carbons (Fsp3) is 0.774. The molecular weight excluding hydrogens is 480 g/mol. The first-order chi connectivity index (χ1) is 18.0. The average molecular weight is 527 g/mol. The zero-order chi connectivity index (χ0) is 27.0. The molecule has 3 aliphatic carbocycles. The summed E-state index contributed by atoms with van der Waals surface area (Å²) in [7, 11) is 1.88. The number of nitrogens with one attached hydrogen (secondary N) is 1. The maximum atomic E-state index is 13.4. The summed E-state index contributed by atoms with van der Waals surface area (Å²) in [5, 5.41) is 14.7. The van der Waals surface area contributed by atoms with E-state index in [0.717, 1.165) is 56.7 Å². The second-order valence-electron chi connectivity index (χ2n) is 13.7. The van der Waals surface area contributed by atoms with E-state index in [4.69, 9.17) is 14.2 Å². The summed E-state index contributed by atoms with van der Waals surface area (Å²) in [6.07, 6.45) is 6.90. The Kier molecular flexibility index (Phi) is 6.32. The van der Waals surface area contributed by atoms with Crippen LogP contribution in [0.25, 0.3) is 0 Å². The number of hydrogen-bond donors (Lipinski definition) is 2. The molecule has 1 aromatic carbocycles. The minimum Gasteiger partial charge on any atom is -0.504 e. The van der Waals surface area contributed by atoms with Crippen LogP contribution >= 0.6 is 0 Å². The van der Waals surface area contributed by atoms with E-state index < -0.39 is 11.6 Å². The highest BCUT2D eigenvalue weighted by Gasteiger charge is 2.74. The van der Waals surface area contributed by atoms with Gasteiger partial charge in [0.1, 0.15) is 17.7 Å². The van der Waals surface area contributed by atoms with Gasteiger partial charge in [0.25, 0.3) is 0 Å². The Morgan fingerprint density at radius 2 is 2.03 bits per heavy atom. The van der Waals surface area contributed by atoms with Crippen LogP contribution in [0.15, 0.2) is 12.1 Å². The maximum Gasteiger partial charge on any atom is 0.323 e. The molecule has 1 spiro atoms. The van der Waals surface area contributed by atoms with Crippen LogP contribution in [0.4, 0.5) is 0 Å². The van der Waals surface area contributed by atoms with Crippen LogP contribution in [0.1, 0.15) is 84.3 Å². The molecule has 2 bridgehead atoms. The summed E-state index contributed by atoms with van der Waals surface area (Å²) in [5.41, 5.74) is 1.15. The Bertz CT molecular complexity index is 1100. The number of esters is 1.